The van der Waals surface area contributed by atoms with Gasteiger partial charge in [-0.15, -0.1) is 12.4 Å². The second-order valence-corrected chi connectivity index (χ2v) is 4.84. The Hall–Kier alpha value is -0.320. The minimum absolute atomic E-state index is 0. The predicted molar refractivity (Wildman–Crippen MR) is 70.3 cm³/mol. The number of nitrogens with zero attached hydrogens (tertiary/aromatic N) is 2. The third kappa shape index (κ3) is 3.61. The summed E-state index contributed by atoms with van der Waals surface area (Å²) in [6.07, 6.45) is 6.02. The van der Waals surface area contributed by atoms with Crippen LogP contribution in [0.25, 0.3) is 0 Å². The van der Waals surface area contributed by atoms with Crippen LogP contribution in [0.15, 0.2) is 22.9 Å². The molecule has 90 valence electrons. The molecule has 0 unspecified atom stereocenters. The summed E-state index contributed by atoms with van der Waals surface area (Å²) in [4.78, 5) is 6.42. The van der Waals surface area contributed by atoms with Gasteiger partial charge in [0.15, 0.2) is 0 Å². The maximum atomic E-state index is 5.71. The number of aromatic nitrogens is 1. The molecule has 0 N–H and O–H groups in total. The van der Waals surface area contributed by atoms with Crippen LogP contribution in [0.5, 0.6) is 5.75 Å². The zero-order valence-electron chi connectivity index (χ0n) is 9.23. The Balaban J connectivity index is 0.00000128. The van der Waals surface area contributed by atoms with Gasteiger partial charge in [0.05, 0.1) is 6.20 Å². The lowest BCUT2D eigenvalue weighted by atomic mass is 10.2. The van der Waals surface area contributed by atoms with E-state index in [-0.39, 0.29) is 12.4 Å². The number of ether oxygens (including phenoxy) is 1. The molecule has 2 rings (SSSR count). The van der Waals surface area contributed by atoms with Crippen LogP contribution in [-0.2, 0) is 0 Å². The maximum absolute atomic E-state index is 5.71. The zero-order valence-corrected chi connectivity index (χ0v) is 11.6. The molecule has 5 heteroatoms. The molecule has 3 nitrogen and oxygen atoms in total. The minimum atomic E-state index is 0. The van der Waals surface area contributed by atoms with Gasteiger partial charge in [-0.1, -0.05) is 0 Å². The molecular weight excluding hydrogens is 291 g/mol. The fourth-order valence-corrected chi connectivity index (χ4v) is 2.20. The highest BCUT2D eigenvalue weighted by atomic mass is 79.9. The van der Waals surface area contributed by atoms with Crippen LogP contribution < -0.4 is 4.74 Å². The van der Waals surface area contributed by atoms with Crippen LogP contribution in [0.3, 0.4) is 0 Å². The fourth-order valence-electron chi connectivity index (χ4n) is 1.85. The summed E-state index contributed by atoms with van der Waals surface area (Å²) in [7, 11) is 2.15. The average Bonchev–Trinajstić information content (AvgIpc) is 2.61. The molecule has 2 heterocycles. The lowest BCUT2D eigenvalue weighted by molar-refractivity contribution is 0.198. The van der Waals surface area contributed by atoms with E-state index < -0.39 is 0 Å². The third-order valence-corrected chi connectivity index (χ3v) is 3.23. The molecule has 1 aliphatic rings. The van der Waals surface area contributed by atoms with Crippen molar-refractivity contribution in [2.24, 2.45) is 0 Å². The quantitative estimate of drug-likeness (QED) is 0.858. The van der Waals surface area contributed by atoms with Crippen LogP contribution >= 0.6 is 28.3 Å². The number of hydrogen-bond acceptors (Lipinski definition) is 3. The van der Waals surface area contributed by atoms with E-state index in [1.165, 1.54) is 19.4 Å². The van der Waals surface area contributed by atoms with E-state index in [0.29, 0.717) is 6.04 Å². The summed E-state index contributed by atoms with van der Waals surface area (Å²) in [5, 5.41) is 0. The monoisotopic (exact) mass is 306 g/mol. The van der Waals surface area contributed by atoms with E-state index in [1.54, 1.807) is 12.4 Å². The molecule has 0 saturated carbocycles. The molecule has 0 aliphatic carbocycles. The van der Waals surface area contributed by atoms with Gasteiger partial charge in [0.1, 0.15) is 12.4 Å². The Morgan fingerprint density at radius 1 is 1.56 bits per heavy atom. The number of rotatable bonds is 3. The van der Waals surface area contributed by atoms with Gasteiger partial charge in [0, 0.05) is 16.7 Å². The zero-order chi connectivity index (χ0) is 10.7. The van der Waals surface area contributed by atoms with Gasteiger partial charge < -0.3 is 9.64 Å². The molecule has 0 aromatic carbocycles. The number of likely N-dealkylation sites (N-methyl/N-ethyl adjacent to an activating group) is 1. The Morgan fingerprint density at radius 3 is 3.00 bits per heavy atom. The second-order valence-electron chi connectivity index (χ2n) is 3.93. The van der Waals surface area contributed by atoms with Gasteiger partial charge in [-0.25, -0.2) is 0 Å². The molecule has 1 aliphatic heterocycles. The first-order chi connectivity index (χ1) is 7.25. The molecule has 0 bridgehead atoms. The van der Waals surface area contributed by atoms with E-state index in [1.807, 2.05) is 6.07 Å². The van der Waals surface area contributed by atoms with Gasteiger partial charge in [-0.2, -0.15) is 0 Å². The van der Waals surface area contributed by atoms with Crippen LogP contribution in [0.4, 0.5) is 0 Å². The van der Waals surface area contributed by atoms with Gasteiger partial charge in [0.25, 0.3) is 0 Å². The van der Waals surface area contributed by atoms with Crippen LogP contribution in [0, 0.1) is 0 Å². The number of hydrogen-bond donors (Lipinski definition) is 0. The van der Waals surface area contributed by atoms with Crippen LogP contribution in [0.2, 0.25) is 0 Å². The summed E-state index contributed by atoms with van der Waals surface area (Å²) in [6.45, 7) is 1.94. The van der Waals surface area contributed by atoms with E-state index in [9.17, 15) is 0 Å². The Labute approximate surface area is 111 Å². The van der Waals surface area contributed by atoms with Crippen LogP contribution in [0.1, 0.15) is 12.8 Å². The molecule has 1 saturated heterocycles. The van der Waals surface area contributed by atoms with Crippen molar-refractivity contribution in [1.29, 1.82) is 0 Å². The standard InChI is InChI=1S/C11H15BrN2O.ClH/c1-14-4-2-3-10(14)8-15-11-5-9(12)6-13-7-11;/h5-7,10H,2-4,8H2,1H3;1H/t10-;/m1./s1. The molecule has 0 spiro atoms. The van der Waals surface area contributed by atoms with Crippen molar-refractivity contribution < 1.29 is 4.74 Å². The van der Waals surface area contributed by atoms with Gasteiger partial charge in [-0.3, -0.25) is 4.98 Å². The topological polar surface area (TPSA) is 25.4 Å². The highest BCUT2D eigenvalue weighted by molar-refractivity contribution is 9.10. The van der Waals surface area contributed by atoms with Gasteiger partial charge in [-0.05, 0) is 48.4 Å². The lowest BCUT2D eigenvalue weighted by Gasteiger charge is -2.19. The normalized spacial score (nSPS) is 20.5. The second kappa shape index (κ2) is 6.42. The average molecular weight is 308 g/mol. The SMILES string of the molecule is CN1CCC[C@@H]1COc1cncc(Br)c1.Cl. The first kappa shape index (κ1) is 13.7. The van der Waals surface area contributed by atoms with Crippen molar-refractivity contribution >= 4 is 28.3 Å². The molecule has 1 fully saturated rings. The maximum Gasteiger partial charge on any atom is 0.138 e. The molecule has 16 heavy (non-hydrogen) atoms. The molecule has 0 amide bonds. The van der Waals surface area contributed by atoms with E-state index >= 15 is 0 Å². The summed E-state index contributed by atoms with van der Waals surface area (Å²) in [5.41, 5.74) is 0. The largest absolute Gasteiger partial charge is 0.490 e. The van der Waals surface area contributed by atoms with Crippen molar-refractivity contribution in [2.75, 3.05) is 20.2 Å². The van der Waals surface area contributed by atoms with E-state index in [2.05, 4.69) is 32.9 Å². The first-order valence-electron chi connectivity index (χ1n) is 5.19. The molecule has 0 radical (unpaired) electrons. The highest BCUT2D eigenvalue weighted by Crippen LogP contribution is 2.19. The highest BCUT2D eigenvalue weighted by Gasteiger charge is 2.21. The number of pyridine rings is 1. The van der Waals surface area contributed by atoms with Crippen molar-refractivity contribution in [3.63, 3.8) is 0 Å². The number of halogens is 2. The summed E-state index contributed by atoms with van der Waals surface area (Å²) < 4.78 is 6.67. The fraction of sp³-hybridized carbons (Fsp3) is 0.545. The summed E-state index contributed by atoms with van der Waals surface area (Å²) in [6, 6.07) is 2.51. The van der Waals surface area contributed by atoms with Crippen molar-refractivity contribution in [3.8, 4) is 5.75 Å². The Morgan fingerprint density at radius 2 is 2.38 bits per heavy atom. The molecule has 1 aromatic rings. The van der Waals surface area contributed by atoms with Crippen LogP contribution in [-0.4, -0.2) is 36.1 Å². The van der Waals surface area contributed by atoms with E-state index in [0.717, 1.165) is 16.8 Å². The number of likely N-dealkylation sites (tertiary alicyclic amines) is 1. The van der Waals surface area contributed by atoms with Gasteiger partial charge in [0.2, 0.25) is 0 Å². The summed E-state index contributed by atoms with van der Waals surface area (Å²) >= 11 is 3.37. The molecule has 1 aromatic heterocycles. The van der Waals surface area contributed by atoms with Gasteiger partial charge >= 0.3 is 0 Å². The minimum Gasteiger partial charge on any atom is -0.490 e. The van der Waals surface area contributed by atoms with Crippen molar-refractivity contribution in [2.45, 2.75) is 18.9 Å². The Kier molecular flexibility index (Phi) is 5.52. The smallest absolute Gasteiger partial charge is 0.138 e. The molecule has 1 atom stereocenters. The Bertz CT molecular complexity index is 338. The summed E-state index contributed by atoms with van der Waals surface area (Å²) in [5.74, 6) is 0.838. The van der Waals surface area contributed by atoms with E-state index in [4.69, 9.17) is 4.74 Å². The van der Waals surface area contributed by atoms with Crippen molar-refractivity contribution in [1.82, 2.24) is 9.88 Å². The first-order valence-corrected chi connectivity index (χ1v) is 5.98. The predicted octanol–water partition coefficient (Wildman–Crippen LogP) is 2.74. The lowest BCUT2D eigenvalue weighted by Crippen LogP contribution is -2.30. The van der Waals surface area contributed by atoms with Crippen molar-refractivity contribution in [3.05, 3.63) is 22.9 Å². The third-order valence-electron chi connectivity index (χ3n) is 2.79. The molecular formula is C11H16BrClN2O.